The highest BCUT2D eigenvalue weighted by Gasteiger charge is 2.33. The second kappa shape index (κ2) is 12.9. The van der Waals surface area contributed by atoms with Crippen molar-refractivity contribution in [2.24, 2.45) is 0 Å². The molecule has 0 spiro atoms. The number of benzene rings is 2. The molecule has 2 unspecified atom stereocenters. The van der Waals surface area contributed by atoms with E-state index in [0.29, 0.717) is 42.5 Å². The van der Waals surface area contributed by atoms with Crippen LogP contribution < -0.4 is 20.7 Å². The van der Waals surface area contributed by atoms with E-state index in [1.54, 1.807) is 7.11 Å². The molecule has 5 rings (SSSR count). The van der Waals surface area contributed by atoms with Crippen LogP contribution in [0.3, 0.4) is 0 Å². The fourth-order valence-electron chi connectivity index (χ4n) is 5.63. The highest BCUT2D eigenvalue weighted by Crippen LogP contribution is 2.30. The van der Waals surface area contributed by atoms with Crippen LogP contribution in [0.5, 0.6) is 5.75 Å². The molecule has 1 aliphatic heterocycles. The van der Waals surface area contributed by atoms with Gasteiger partial charge in [0.05, 0.1) is 18.8 Å². The third-order valence-corrected chi connectivity index (χ3v) is 7.70. The Bertz CT molecular complexity index is 1450. The van der Waals surface area contributed by atoms with E-state index in [1.165, 1.54) is 0 Å². The summed E-state index contributed by atoms with van der Waals surface area (Å²) in [5.74, 6) is 1.57. The zero-order valence-corrected chi connectivity index (χ0v) is 25.7. The van der Waals surface area contributed by atoms with Gasteiger partial charge in [-0.05, 0) is 75.9 Å². The number of hydrogen-bond acceptors (Lipinski definition) is 8. The normalized spacial score (nSPS) is 18.4. The molecule has 2 atom stereocenters. The van der Waals surface area contributed by atoms with Crippen molar-refractivity contribution in [2.45, 2.75) is 84.0 Å². The highest BCUT2D eigenvalue weighted by molar-refractivity contribution is 6.01. The topological polar surface area (TPSA) is 118 Å². The van der Waals surface area contributed by atoms with Crippen LogP contribution in [0.25, 0.3) is 0 Å². The molecular weight excluding hydrogens is 544 g/mol. The Balaban J connectivity index is 1.41. The first-order chi connectivity index (χ1) is 20.6. The second-order valence-corrected chi connectivity index (χ2v) is 12.3. The van der Waals surface area contributed by atoms with Gasteiger partial charge in [0.2, 0.25) is 5.95 Å². The number of carbonyl (C=O) groups excluding carboxylic acids is 2. The number of hydrogen-bond donors (Lipinski definition) is 3. The SMILES string of the molecule is COc1ccc(CN2CCc3nc(NC4CCCCC4NC(=O)OC(C)(C)C)nc(Nc4cccc(C)c4)c3C2=O)cc1. The number of carbonyl (C=O) groups is 2. The van der Waals surface area contributed by atoms with Crippen LogP contribution in [-0.4, -0.2) is 58.2 Å². The lowest BCUT2D eigenvalue weighted by molar-refractivity contribution is 0.0488. The molecule has 2 heterocycles. The van der Waals surface area contributed by atoms with Gasteiger partial charge in [0, 0.05) is 31.2 Å². The van der Waals surface area contributed by atoms with Crippen molar-refractivity contribution >= 4 is 29.5 Å². The van der Waals surface area contributed by atoms with Gasteiger partial charge in [-0.15, -0.1) is 0 Å². The third kappa shape index (κ3) is 7.74. The quantitative estimate of drug-likeness (QED) is 0.295. The van der Waals surface area contributed by atoms with Gasteiger partial charge in [0.25, 0.3) is 5.91 Å². The molecule has 0 radical (unpaired) electrons. The molecule has 0 bridgehead atoms. The number of rotatable bonds is 8. The molecule has 3 N–H and O–H groups in total. The molecular formula is C33H42N6O4. The summed E-state index contributed by atoms with van der Waals surface area (Å²) in [7, 11) is 1.64. The summed E-state index contributed by atoms with van der Waals surface area (Å²) < 4.78 is 10.8. The maximum Gasteiger partial charge on any atom is 0.407 e. The Morgan fingerprint density at radius 2 is 1.79 bits per heavy atom. The maximum atomic E-state index is 13.9. The highest BCUT2D eigenvalue weighted by atomic mass is 16.6. The van der Waals surface area contributed by atoms with Crippen LogP contribution in [-0.2, 0) is 17.7 Å². The van der Waals surface area contributed by atoms with E-state index in [1.807, 2.05) is 81.1 Å². The summed E-state index contributed by atoms with van der Waals surface area (Å²) in [5, 5.41) is 9.95. The molecule has 3 aromatic rings. The molecule has 1 aromatic heterocycles. The molecule has 1 saturated carbocycles. The summed E-state index contributed by atoms with van der Waals surface area (Å²) in [6, 6.07) is 15.5. The number of ether oxygens (including phenoxy) is 2. The zero-order chi connectivity index (χ0) is 30.6. The van der Waals surface area contributed by atoms with E-state index in [2.05, 4.69) is 16.0 Å². The smallest absolute Gasteiger partial charge is 0.407 e. The first-order valence-corrected chi connectivity index (χ1v) is 15.0. The predicted octanol–water partition coefficient (Wildman–Crippen LogP) is 5.98. The molecule has 2 amide bonds. The van der Waals surface area contributed by atoms with Crippen LogP contribution in [0.4, 0.5) is 22.2 Å². The number of nitrogens with zero attached hydrogens (tertiary/aromatic N) is 3. The van der Waals surface area contributed by atoms with Gasteiger partial charge in [-0.2, -0.15) is 4.98 Å². The largest absolute Gasteiger partial charge is 0.497 e. The number of methoxy groups -OCH3 is 1. The number of anilines is 3. The molecule has 2 aliphatic rings. The van der Waals surface area contributed by atoms with Gasteiger partial charge >= 0.3 is 6.09 Å². The summed E-state index contributed by atoms with van der Waals surface area (Å²) in [6.45, 7) is 8.61. The van der Waals surface area contributed by atoms with E-state index in [-0.39, 0.29) is 18.0 Å². The van der Waals surface area contributed by atoms with Gasteiger partial charge in [-0.1, -0.05) is 37.1 Å². The minimum absolute atomic E-state index is 0.0722. The Labute approximate surface area is 253 Å². The van der Waals surface area contributed by atoms with Gasteiger partial charge in [0.1, 0.15) is 22.7 Å². The van der Waals surface area contributed by atoms with E-state index >= 15 is 0 Å². The van der Waals surface area contributed by atoms with Gasteiger partial charge < -0.3 is 30.3 Å². The number of aryl methyl sites for hydroxylation is 1. The molecule has 2 aromatic carbocycles. The minimum Gasteiger partial charge on any atom is -0.497 e. The lowest BCUT2D eigenvalue weighted by Gasteiger charge is -2.34. The minimum atomic E-state index is -0.576. The molecule has 1 fully saturated rings. The van der Waals surface area contributed by atoms with E-state index in [9.17, 15) is 9.59 Å². The number of amides is 2. The first-order valence-electron chi connectivity index (χ1n) is 15.0. The van der Waals surface area contributed by atoms with Crippen molar-refractivity contribution in [1.82, 2.24) is 20.2 Å². The average molecular weight is 587 g/mol. The van der Waals surface area contributed by atoms with Crippen molar-refractivity contribution in [3.8, 4) is 5.75 Å². The van der Waals surface area contributed by atoms with Crippen molar-refractivity contribution in [1.29, 1.82) is 0 Å². The van der Waals surface area contributed by atoms with Crippen LogP contribution in [0.15, 0.2) is 48.5 Å². The Morgan fingerprint density at radius 1 is 1.05 bits per heavy atom. The number of nitrogens with one attached hydrogen (secondary N) is 3. The summed E-state index contributed by atoms with van der Waals surface area (Å²) in [5.41, 5.74) is 3.57. The van der Waals surface area contributed by atoms with Crippen LogP contribution in [0, 0.1) is 6.92 Å². The Hall–Kier alpha value is -4.34. The number of aromatic nitrogens is 2. The molecule has 228 valence electrons. The van der Waals surface area contributed by atoms with Gasteiger partial charge in [-0.25, -0.2) is 9.78 Å². The number of alkyl carbamates (subject to hydrolysis) is 1. The van der Waals surface area contributed by atoms with Gasteiger partial charge in [-0.3, -0.25) is 4.79 Å². The lowest BCUT2D eigenvalue weighted by Crippen LogP contribution is -2.50. The second-order valence-electron chi connectivity index (χ2n) is 12.3. The Morgan fingerprint density at radius 3 is 2.49 bits per heavy atom. The number of fused-ring (bicyclic) bond motifs is 1. The predicted molar refractivity (Wildman–Crippen MR) is 167 cm³/mol. The van der Waals surface area contributed by atoms with Crippen molar-refractivity contribution in [3.05, 3.63) is 70.9 Å². The molecule has 0 saturated heterocycles. The average Bonchev–Trinajstić information content (AvgIpc) is 2.95. The summed E-state index contributed by atoms with van der Waals surface area (Å²) in [6.07, 6.45) is 3.90. The third-order valence-electron chi connectivity index (χ3n) is 7.70. The molecule has 1 aliphatic carbocycles. The van der Waals surface area contributed by atoms with E-state index < -0.39 is 11.7 Å². The van der Waals surface area contributed by atoms with E-state index in [4.69, 9.17) is 19.4 Å². The standard InChI is InChI=1S/C33H42N6O4/c1-21-9-8-10-23(19-21)34-29-28-27(17-18-39(30(28)40)20-22-13-15-24(42-5)16-14-22)36-31(38-29)35-25-11-6-7-12-26(25)37-32(41)43-33(2,3)4/h8-10,13-16,19,25-26H,6-7,11-12,17-18,20H2,1-5H3,(H,37,41)(H2,34,35,36,38). The Kier molecular flexibility index (Phi) is 9.03. The van der Waals surface area contributed by atoms with Crippen LogP contribution >= 0.6 is 0 Å². The molecule has 10 nitrogen and oxygen atoms in total. The summed E-state index contributed by atoms with van der Waals surface area (Å²) in [4.78, 5) is 38.0. The van der Waals surface area contributed by atoms with Crippen LogP contribution in [0.1, 0.15) is 73.6 Å². The first kappa shape index (κ1) is 30.1. The zero-order valence-electron chi connectivity index (χ0n) is 25.7. The van der Waals surface area contributed by atoms with Crippen LogP contribution in [0.2, 0.25) is 0 Å². The maximum absolute atomic E-state index is 13.9. The lowest BCUT2D eigenvalue weighted by atomic mass is 9.90. The monoisotopic (exact) mass is 586 g/mol. The van der Waals surface area contributed by atoms with Gasteiger partial charge in [0.15, 0.2) is 0 Å². The van der Waals surface area contributed by atoms with Crippen molar-refractivity contribution in [2.75, 3.05) is 24.3 Å². The summed E-state index contributed by atoms with van der Waals surface area (Å²) >= 11 is 0. The molecule has 10 heteroatoms. The fourth-order valence-corrected chi connectivity index (χ4v) is 5.63. The van der Waals surface area contributed by atoms with E-state index in [0.717, 1.165) is 48.2 Å². The van der Waals surface area contributed by atoms with Crippen molar-refractivity contribution < 1.29 is 19.1 Å². The fraction of sp³-hybridized carbons (Fsp3) is 0.455. The molecule has 43 heavy (non-hydrogen) atoms. The van der Waals surface area contributed by atoms with Crippen molar-refractivity contribution in [3.63, 3.8) is 0 Å².